The van der Waals surface area contributed by atoms with Crippen LogP contribution in [0.15, 0.2) is 24.4 Å². The zero-order chi connectivity index (χ0) is 12.4. The molecule has 0 radical (unpaired) electrons. The third-order valence-corrected chi connectivity index (χ3v) is 2.36. The number of nitrogens with zero attached hydrogens (tertiary/aromatic N) is 3. The SMILES string of the molecule is COC(=O)c1ccc(C)nc1-n1ccc(C)n1. The van der Waals surface area contributed by atoms with Crippen molar-refractivity contribution < 1.29 is 9.53 Å². The molecule has 0 N–H and O–H groups in total. The highest BCUT2D eigenvalue weighted by Crippen LogP contribution is 2.13. The minimum Gasteiger partial charge on any atom is -0.465 e. The van der Waals surface area contributed by atoms with E-state index < -0.39 is 5.97 Å². The molecule has 0 spiro atoms. The second kappa shape index (κ2) is 4.37. The fraction of sp³-hybridized carbons (Fsp3) is 0.250. The third kappa shape index (κ3) is 2.18. The highest BCUT2D eigenvalue weighted by Gasteiger charge is 2.15. The van der Waals surface area contributed by atoms with Gasteiger partial charge in [0.15, 0.2) is 5.82 Å². The number of ether oxygens (including phenoxy) is 1. The van der Waals surface area contributed by atoms with Crippen LogP contribution in [0.1, 0.15) is 21.7 Å². The Labute approximate surface area is 99.1 Å². The number of carbonyl (C=O) groups is 1. The van der Waals surface area contributed by atoms with Gasteiger partial charge < -0.3 is 4.74 Å². The molecule has 5 heteroatoms. The Bertz CT molecular complexity index is 561. The van der Waals surface area contributed by atoms with Gasteiger partial charge in [0.1, 0.15) is 5.56 Å². The van der Waals surface area contributed by atoms with Crippen molar-refractivity contribution in [1.29, 1.82) is 0 Å². The van der Waals surface area contributed by atoms with Crippen LogP contribution in [0.2, 0.25) is 0 Å². The van der Waals surface area contributed by atoms with Crippen LogP contribution in [-0.2, 0) is 4.74 Å². The Morgan fingerprint density at radius 1 is 1.24 bits per heavy atom. The van der Waals surface area contributed by atoms with E-state index in [2.05, 4.69) is 10.1 Å². The van der Waals surface area contributed by atoms with Gasteiger partial charge in [0.05, 0.1) is 12.8 Å². The maximum atomic E-state index is 11.6. The van der Waals surface area contributed by atoms with E-state index >= 15 is 0 Å². The summed E-state index contributed by atoms with van der Waals surface area (Å²) in [5.74, 6) is 0.0746. The van der Waals surface area contributed by atoms with Gasteiger partial charge in [-0.05, 0) is 32.0 Å². The van der Waals surface area contributed by atoms with Gasteiger partial charge in [-0.1, -0.05) is 0 Å². The number of aryl methyl sites for hydroxylation is 2. The van der Waals surface area contributed by atoms with E-state index in [1.165, 1.54) is 7.11 Å². The summed E-state index contributed by atoms with van der Waals surface area (Å²) in [6.07, 6.45) is 1.77. The summed E-state index contributed by atoms with van der Waals surface area (Å²) in [7, 11) is 1.35. The quantitative estimate of drug-likeness (QED) is 0.738. The molecule has 0 fully saturated rings. The predicted molar refractivity (Wildman–Crippen MR) is 62.2 cm³/mol. The molecule has 2 aromatic heterocycles. The Balaban J connectivity index is 2.58. The zero-order valence-corrected chi connectivity index (χ0v) is 9.97. The third-order valence-electron chi connectivity index (χ3n) is 2.36. The van der Waals surface area contributed by atoms with Crippen molar-refractivity contribution in [2.75, 3.05) is 7.11 Å². The lowest BCUT2D eigenvalue weighted by Gasteiger charge is -2.07. The summed E-state index contributed by atoms with van der Waals surface area (Å²) in [6.45, 7) is 3.74. The van der Waals surface area contributed by atoms with Crippen LogP contribution in [0.5, 0.6) is 0 Å². The van der Waals surface area contributed by atoms with E-state index in [-0.39, 0.29) is 0 Å². The first-order valence-corrected chi connectivity index (χ1v) is 5.20. The number of pyridine rings is 1. The normalized spacial score (nSPS) is 10.3. The summed E-state index contributed by atoms with van der Waals surface area (Å²) >= 11 is 0. The van der Waals surface area contributed by atoms with Gasteiger partial charge in [-0.15, -0.1) is 0 Å². The molecule has 0 bridgehead atoms. The number of esters is 1. The van der Waals surface area contributed by atoms with Gasteiger partial charge in [-0.25, -0.2) is 14.5 Å². The van der Waals surface area contributed by atoms with E-state index in [9.17, 15) is 4.79 Å². The van der Waals surface area contributed by atoms with Gasteiger partial charge in [0.2, 0.25) is 0 Å². The summed E-state index contributed by atoms with van der Waals surface area (Å²) in [5, 5.41) is 4.25. The molecule has 0 aromatic carbocycles. The number of hydrogen-bond donors (Lipinski definition) is 0. The van der Waals surface area contributed by atoms with Gasteiger partial charge in [-0.2, -0.15) is 5.10 Å². The Morgan fingerprint density at radius 3 is 2.59 bits per heavy atom. The molecule has 0 saturated heterocycles. The molecule has 0 unspecified atom stereocenters. The van der Waals surface area contributed by atoms with E-state index in [1.54, 1.807) is 23.0 Å². The van der Waals surface area contributed by atoms with Crippen molar-refractivity contribution in [3.63, 3.8) is 0 Å². The van der Waals surface area contributed by atoms with E-state index in [1.807, 2.05) is 19.9 Å². The largest absolute Gasteiger partial charge is 0.465 e. The zero-order valence-electron chi connectivity index (χ0n) is 9.97. The standard InChI is InChI=1S/C12H13N3O2/c1-8-4-5-10(12(16)17-3)11(13-8)15-7-6-9(2)14-15/h4-7H,1-3H3. The number of aromatic nitrogens is 3. The Hall–Kier alpha value is -2.17. The van der Waals surface area contributed by atoms with Crippen molar-refractivity contribution in [3.8, 4) is 5.82 Å². The fourth-order valence-electron chi connectivity index (χ4n) is 1.52. The summed E-state index contributed by atoms with van der Waals surface area (Å²) in [5.41, 5.74) is 2.09. The topological polar surface area (TPSA) is 57.0 Å². The van der Waals surface area contributed by atoms with Gasteiger partial charge in [0, 0.05) is 11.9 Å². The molecule has 0 aliphatic rings. The molecule has 0 aliphatic carbocycles. The van der Waals surface area contributed by atoms with Crippen LogP contribution in [0.4, 0.5) is 0 Å². The van der Waals surface area contributed by atoms with Crippen molar-refractivity contribution in [1.82, 2.24) is 14.8 Å². The summed E-state index contributed by atoms with van der Waals surface area (Å²) < 4.78 is 6.30. The van der Waals surface area contributed by atoms with Crippen LogP contribution in [0.25, 0.3) is 5.82 Å². The Morgan fingerprint density at radius 2 is 2.00 bits per heavy atom. The first-order valence-electron chi connectivity index (χ1n) is 5.20. The second-order valence-electron chi connectivity index (χ2n) is 3.72. The average Bonchev–Trinajstić information content (AvgIpc) is 2.75. The van der Waals surface area contributed by atoms with Crippen LogP contribution in [0.3, 0.4) is 0 Å². The second-order valence-corrected chi connectivity index (χ2v) is 3.72. The molecule has 5 nitrogen and oxygen atoms in total. The molecule has 0 saturated carbocycles. The first kappa shape index (κ1) is 11.3. The number of methoxy groups -OCH3 is 1. The van der Waals surface area contributed by atoms with Crippen molar-refractivity contribution in [2.24, 2.45) is 0 Å². The van der Waals surface area contributed by atoms with Crippen LogP contribution in [0, 0.1) is 13.8 Å². The Kier molecular flexibility index (Phi) is 2.91. The number of rotatable bonds is 2. The lowest BCUT2D eigenvalue weighted by atomic mass is 10.2. The van der Waals surface area contributed by atoms with Crippen molar-refractivity contribution in [3.05, 3.63) is 41.3 Å². The van der Waals surface area contributed by atoms with Gasteiger partial charge in [-0.3, -0.25) is 0 Å². The lowest BCUT2D eigenvalue weighted by Crippen LogP contribution is -2.11. The fourth-order valence-corrected chi connectivity index (χ4v) is 1.52. The van der Waals surface area contributed by atoms with Gasteiger partial charge >= 0.3 is 5.97 Å². The average molecular weight is 231 g/mol. The smallest absolute Gasteiger partial charge is 0.341 e. The highest BCUT2D eigenvalue weighted by atomic mass is 16.5. The molecule has 2 rings (SSSR count). The predicted octanol–water partition coefficient (Wildman–Crippen LogP) is 1.67. The summed E-state index contributed by atoms with van der Waals surface area (Å²) in [6, 6.07) is 5.32. The molecule has 0 atom stereocenters. The van der Waals surface area contributed by atoms with Crippen LogP contribution < -0.4 is 0 Å². The van der Waals surface area contributed by atoms with E-state index in [0.717, 1.165) is 11.4 Å². The maximum Gasteiger partial charge on any atom is 0.341 e. The minimum absolute atomic E-state index is 0.404. The molecule has 2 aromatic rings. The van der Waals surface area contributed by atoms with Gasteiger partial charge in [0.25, 0.3) is 0 Å². The molecule has 2 heterocycles. The molecule has 0 aliphatic heterocycles. The van der Waals surface area contributed by atoms with Crippen LogP contribution >= 0.6 is 0 Å². The molecule has 17 heavy (non-hydrogen) atoms. The van der Waals surface area contributed by atoms with E-state index in [4.69, 9.17) is 4.74 Å². The highest BCUT2D eigenvalue weighted by molar-refractivity contribution is 5.92. The van der Waals surface area contributed by atoms with E-state index in [0.29, 0.717) is 11.4 Å². The maximum absolute atomic E-state index is 11.6. The van der Waals surface area contributed by atoms with Crippen molar-refractivity contribution >= 4 is 5.97 Å². The lowest BCUT2D eigenvalue weighted by molar-refractivity contribution is 0.0600. The van der Waals surface area contributed by atoms with Crippen molar-refractivity contribution in [2.45, 2.75) is 13.8 Å². The molecular formula is C12H13N3O2. The minimum atomic E-state index is -0.416. The first-order chi connectivity index (χ1) is 8.11. The molecule has 88 valence electrons. The number of carbonyl (C=O) groups excluding carboxylic acids is 1. The summed E-state index contributed by atoms with van der Waals surface area (Å²) in [4.78, 5) is 15.9. The molecular weight excluding hydrogens is 218 g/mol. The molecule has 0 amide bonds. The number of hydrogen-bond acceptors (Lipinski definition) is 4. The van der Waals surface area contributed by atoms with Crippen LogP contribution in [-0.4, -0.2) is 27.8 Å². The monoisotopic (exact) mass is 231 g/mol.